The third-order valence-corrected chi connectivity index (χ3v) is 4.84. The first-order chi connectivity index (χ1) is 12.6. The number of carbonyl (C=O) groups is 1. The number of benzene rings is 2. The molecule has 0 bridgehead atoms. The van der Waals surface area contributed by atoms with E-state index in [1.54, 1.807) is 14.2 Å². The summed E-state index contributed by atoms with van der Waals surface area (Å²) in [6.07, 6.45) is 0.818. The minimum absolute atomic E-state index is 0.0967. The van der Waals surface area contributed by atoms with Gasteiger partial charge < -0.3 is 19.7 Å². The molecule has 6 heteroatoms. The zero-order valence-corrected chi connectivity index (χ0v) is 15.8. The van der Waals surface area contributed by atoms with Gasteiger partial charge in [0, 0.05) is 24.7 Å². The van der Waals surface area contributed by atoms with Gasteiger partial charge in [-0.3, -0.25) is 4.79 Å². The fraction of sp³-hybridized carbons (Fsp3) is 0.350. The van der Waals surface area contributed by atoms with Crippen LogP contribution >= 0.6 is 11.6 Å². The molecule has 2 aromatic rings. The van der Waals surface area contributed by atoms with Gasteiger partial charge in [-0.05, 0) is 47.4 Å². The Morgan fingerprint density at radius 2 is 1.77 bits per heavy atom. The van der Waals surface area contributed by atoms with Crippen LogP contribution in [0.1, 0.15) is 16.7 Å². The molecule has 1 amide bonds. The van der Waals surface area contributed by atoms with Crippen LogP contribution in [0.3, 0.4) is 0 Å². The Labute approximate surface area is 158 Å². The molecule has 0 fully saturated rings. The van der Waals surface area contributed by atoms with Gasteiger partial charge in [0.25, 0.3) is 0 Å². The van der Waals surface area contributed by atoms with Crippen molar-refractivity contribution in [1.82, 2.24) is 10.2 Å². The highest BCUT2D eigenvalue weighted by molar-refractivity contribution is 6.30. The van der Waals surface area contributed by atoms with E-state index < -0.39 is 0 Å². The topological polar surface area (TPSA) is 50.8 Å². The van der Waals surface area contributed by atoms with Crippen LogP contribution < -0.4 is 14.8 Å². The zero-order chi connectivity index (χ0) is 18.5. The van der Waals surface area contributed by atoms with Gasteiger partial charge in [-0.1, -0.05) is 23.7 Å². The van der Waals surface area contributed by atoms with Crippen LogP contribution in [0, 0.1) is 0 Å². The lowest BCUT2D eigenvalue weighted by molar-refractivity contribution is -0.131. The second-order valence-corrected chi connectivity index (χ2v) is 6.71. The van der Waals surface area contributed by atoms with Gasteiger partial charge >= 0.3 is 0 Å². The second kappa shape index (κ2) is 8.43. The summed E-state index contributed by atoms with van der Waals surface area (Å²) in [5, 5.41) is 3.92. The Morgan fingerprint density at radius 3 is 2.42 bits per heavy atom. The van der Waals surface area contributed by atoms with Gasteiger partial charge in [-0.15, -0.1) is 0 Å². The number of hydrogen-bond donors (Lipinski definition) is 1. The number of ether oxygens (including phenoxy) is 2. The number of nitrogens with one attached hydrogen (secondary N) is 1. The summed E-state index contributed by atoms with van der Waals surface area (Å²) >= 11 is 5.88. The van der Waals surface area contributed by atoms with Crippen molar-refractivity contribution < 1.29 is 14.3 Å². The number of halogens is 1. The van der Waals surface area contributed by atoms with E-state index in [4.69, 9.17) is 21.1 Å². The molecule has 0 saturated heterocycles. The van der Waals surface area contributed by atoms with Crippen molar-refractivity contribution in [2.45, 2.75) is 19.5 Å². The van der Waals surface area contributed by atoms with Crippen LogP contribution in [0.2, 0.25) is 5.02 Å². The predicted octanol–water partition coefficient (Wildman–Crippen LogP) is 3.03. The van der Waals surface area contributed by atoms with Crippen LogP contribution in [0.5, 0.6) is 11.5 Å². The van der Waals surface area contributed by atoms with Crippen LogP contribution in [0.25, 0.3) is 0 Å². The molecule has 0 unspecified atom stereocenters. The Balaban J connectivity index is 1.57. The molecule has 0 aliphatic carbocycles. The van der Waals surface area contributed by atoms with Crippen molar-refractivity contribution in [3.05, 3.63) is 58.1 Å². The molecule has 138 valence electrons. The first kappa shape index (κ1) is 18.5. The van der Waals surface area contributed by atoms with Crippen LogP contribution in [-0.2, 0) is 24.3 Å². The molecule has 1 heterocycles. The summed E-state index contributed by atoms with van der Waals surface area (Å²) in [5.74, 6) is 1.52. The van der Waals surface area contributed by atoms with E-state index in [0.717, 1.165) is 23.3 Å². The number of rotatable bonds is 6. The van der Waals surface area contributed by atoms with Crippen molar-refractivity contribution in [3.63, 3.8) is 0 Å². The highest BCUT2D eigenvalue weighted by Gasteiger charge is 2.22. The predicted molar refractivity (Wildman–Crippen MR) is 102 cm³/mol. The van der Waals surface area contributed by atoms with Gasteiger partial charge in [0.2, 0.25) is 5.91 Å². The lowest BCUT2D eigenvalue weighted by Gasteiger charge is -2.29. The number of carbonyl (C=O) groups excluding carboxylic acids is 1. The van der Waals surface area contributed by atoms with E-state index in [-0.39, 0.29) is 5.91 Å². The maximum atomic E-state index is 12.5. The molecule has 26 heavy (non-hydrogen) atoms. The first-order valence-electron chi connectivity index (χ1n) is 8.57. The molecule has 0 aromatic heterocycles. The maximum Gasteiger partial charge on any atom is 0.236 e. The van der Waals surface area contributed by atoms with Gasteiger partial charge in [0.15, 0.2) is 11.5 Å². The van der Waals surface area contributed by atoms with Gasteiger partial charge in [-0.2, -0.15) is 0 Å². The quantitative estimate of drug-likeness (QED) is 0.844. The van der Waals surface area contributed by atoms with Crippen LogP contribution in [0.4, 0.5) is 0 Å². The van der Waals surface area contributed by atoms with Crippen molar-refractivity contribution in [2.24, 2.45) is 0 Å². The number of nitrogens with zero attached hydrogens (tertiary/aromatic N) is 1. The highest BCUT2D eigenvalue weighted by atomic mass is 35.5. The third kappa shape index (κ3) is 4.29. The smallest absolute Gasteiger partial charge is 0.236 e. The molecule has 0 radical (unpaired) electrons. The van der Waals surface area contributed by atoms with E-state index in [1.165, 1.54) is 5.56 Å². The number of amides is 1. The van der Waals surface area contributed by atoms with Crippen molar-refractivity contribution in [2.75, 3.05) is 27.3 Å². The molecule has 2 aromatic carbocycles. The Hall–Kier alpha value is -2.24. The molecule has 1 N–H and O–H groups in total. The van der Waals surface area contributed by atoms with E-state index in [1.807, 2.05) is 41.3 Å². The molecule has 1 aliphatic rings. The molecule has 3 rings (SSSR count). The summed E-state index contributed by atoms with van der Waals surface area (Å²) in [6, 6.07) is 11.6. The zero-order valence-electron chi connectivity index (χ0n) is 15.0. The van der Waals surface area contributed by atoms with Crippen molar-refractivity contribution in [3.8, 4) is 11.5 Å². The summed E-state index contributed by atoms with van der Waals surface area (Å²) in [7, 11) is 3.26. The molecule has 5 nitrogen and oxygen atoms in total. The third-order valence-electron chi connectivity index (χ3n) is 4.59. The highest BCUT2D eigenvalue weighted by Crippen LogP contribution is 2.33. The summed E-state index contributed by atoms with van der Waals surface area (Å²) in [5.41, 5.74) is 3.42. The number of methoxy groups -OCH3 is 2. The van der Waals surface area contributed by atoms with Crippen molar-refractivity contribution >= 4 is 17.5 Å². The minimum Gasteiger partial charge on any atom is -0.493 e. The SMILES string of the molecule is COc1cc2c(cc1OC)CN(C(=O)CNCc1ccc(Cl)cc1)CC2. The molecular formula is C20H23ClN2O3. The van der Waals surface area contributed by atoms with E-state index in [2.05, 4.69) is 5.32 Å². The number of fused-ring (bicyclic) bond motifs is 1. The fourth-order valence-electron chi connectivity index (χ4n) is 3.12. The van der Waals surface area contributed by atoms with Crippen molar-refractivity contribution in [1.29, 1.82) is 0 Å². The molecule has 0 saturated carbocycles. The Bertz CT molecular complexity index is 777. The van der Waals surface area contributed by atoms with Crippen LogP contribution in [0.15, 0.2) is 36.4 Å². The minimum atomic E-state index is 0.0967. The number of hydrogen-bond acceptors (Lipinski definition) is 4. The largest absolute Gasteiger partial charge is 0.493 e. The summed E-state index contributed by atoms with van der Waals surface area (Å²) < 4.78 is 10.7. The monoisotopic (exact) mass is 374 g/mol. The first-order valence-corrected chi connectivity index (χ1v) is 8.95. The lowest BCUT2D eigenvalue weighted by Crippen LogP contribution is -2.41. The van der Waals surface area contributed by atoms with E-state index in [0.29, 0.717) is 37.0 Å². The Morgan fingerprint density at radius 1 is 1.12 bits per heavy atom. The van der Waals surface area contributed by atoms with E-state index in [9.17, 15) is 4.79 Å². The second-order valence-electron chi connectivity index (χ2n) is 6.27. The average molecular weight is 375 g/mol. The fourth-order valence-corrected chi connectivity index (χ4v) is 3.25. The van der Waals surface area contributed by atoms with E-state index >= 15 is 0 Å². The standard InChI is InChI=1S/C20H23ClN2O3/c1-25-18-9-15-7-8-23(13-16(15)10-19(18)26-2)20(24)12-22-11-14-3-5-17(21)6-4-14/h3-6,9-10,22H,7-8,11-13H2,1-2H3. The average Bonchev–Trinajstić information content (AvgIpc) is 2.67. The lowest BCUT2D eigenvalue weighted by atomic mass is 9.98. The Kier molecular flexibility index (Phi) is 6.01. The van der Waals surface area contributed by atoms with Gasteiger partial charge in [0.05, 0.1) is 20.8 Å². The normalized spacial score (nSPS) is 13.3. The summed E-state index contributed by atoms with van der Waals surface area (Å²) in [4.78, 5) is 14.4. The molecular weight excluding hydrogens is 352 g/mol. The molecule has 0 atom stereocenters. The molecule has 1 aliphatic heterocycles. The molecule has 0 spiro atoms. The van der Waals surface area contributed by atoms with Gasteiger partial charge in [-0.25, -0.2) is 0 Å². The maximum absolute atomic E-state index is 12.5. The summed E-state index contributed by atoms with van der Waals surface area (Å²) in [6.45, 7) is 2.25. The van der Waals surface area contributed by atoms with Crippen LogP contribution in [-0.4, -0.2) is 38.1 Å². The van der Waals surface area contributed by atoms with Gasteiger partial charge in [0.1, 0.15) is 0 Å².